The highest BCUT2D eigenvalue weighted by molar-refractivity contribution is 4.81. The summed E-state index contributed by atoms with van der Waals surface area (Å²) in [6.45, 7) is 6.56. The third-order valence-corrected chi connectivity index (χ3v) is 7.45. The van der Waals surface area contributed by atoms with Crippen molar-refractivity contribution >= 4 is 0 Å². The van der Waals surface area contributed by atoms with Gasteiger partial charge in [0.25, 0.3) is 0 Å². The first kappa shape index (κ1) is 19.7. The lowest BCUT2D eigenvalue weighted by molar-refractivity contribution is -0.237. The van der Waals surface area contributed by atoms with Crippen LogP contribution in [-0.4, -0.2) is 19.5 Å². The molecule has 3 aliphatic rings. The molecule has 2 nitrogen and oxygen atoms in total. The minimum atomic E-state index is 0.111. The number of ether oxygens (including phenoxy) is 2. The van der Waals surface area contributed by atoms with E-state index < -0.39 is 0 Å². The average molecular weight is 351 g/mol. The smallest absolute Gasteiger partial charge is 0.160 e. The maximum absolute atomic E-state index is 6.25. The van der Waals surface area contributed by atoms with Crippen molar-refractivity contribution in [3.8, 4) is 0 Å². The van der Waals surface area contributed by atoms with Gasteiger partial charge in [-0.05, 0) is 56.3 Å². The third kappa shape index (κ3) is 5.70. The summed E-state index contributed by atoms with van der Waals surface area (Å²) in [5.41, 5.74) is 0. The Morgan fingerprint density at radius 1 is 0.600 bits per heavy atom. The van der Waals surface area contributed by atoms with E-state index in [4.69, 9.17) is 9.47 Å². The minimum Gasteiger partial charge on any atom is -0.352 e. The molecule has 2 saturated carbocycles. The van der Waals surface area contributed by atoms with Gasteiger partial charge >= 0.3 is 0 Å². The van der Waals surface area contributed by atoms with Gasteiger partial charge in [0.2, 0.25) is 0 Å². The quantitative estimate of drug-likeness (QED) is 0.516. The van der Waals surface area contributed by atoms with Crippen LogP contribution in [0.5, 0.6) is 0 Å². The number of rotatable bonds is 7. The van der Waals surface area contributed by atoms with Gasteiger partial charge in [0.1, 0.15) is 0 Å². The molecule has 0 aromatic carbocycles. The van der Waals surface area contributed by atoms with Crippen molar-refractivity contribution in [2.75, 3.05) is 13.2 Å². The van der Waals surface area contributed by atoms with Crippen molar-refractivity contribution in [2.24, 2.45) is 29.6 Å². The summed E-state index contributed by atoms with van der Waals surface area (Å²) in [5.74, 6) is 4.17. The lowest BCUT2D eigenvalue weighted by Gasteiger charge is -2.41. The predicted octanol–water partition coefficient (Wildman–Crippen LogP) is 6.58. The Hall–Kier alpha value is -0.0800. The van der Waals surface area contributed by atoms with E-state index in [2.05, 4.69) is 13.8 Å². The molecule has 2 aliphatic carbocycles. The van der Waals surface area contributed by atoms with Gasteiger partial charge in [-0.1, -0.05) is 58.8 Å². The molecule has 0 amide bonds. The zero-order chi connectivity index (χ0) is 17.5. The first-order valence-corrected chi connectivity index (χ1v) is 11.5. The summed E-state index contributed by atoms with van der Waals surface area (Å²) in [6, 6.07) is 0. The number of hydrogen-bond acceptors (Lipinski definition) is 2. The monoisotopic (exact) mass is 350 g/mol. The third-order valence-electron chi connectivity index (χ3n) is 7.45. The Labute approximate surface area is 156 Å². The fraction of sp³-hybridized carbons (Fsp3) is 1.00. The van der Waals surface area contributed by atoms with E-state index in [1.165, 1.54) is 83.5 Å². The Balaban J connectivity index is 1.34. The second kappa shape index (κ2) is 10.3. The highest BCUT2D eigenvalue weighted by Crippen LogP contribution is 2.39. The van der Waals surface area contributed by atoms with E-state index >= 15 is 0 Å². The molecule has 1 aliphatic heterocycles. The maximum atomic E-state index is 6.25. The highest BCUT2D eigenvalue weighted by atomic mass is 16.7. The van der Waals surface area contributed by atoms with Gasteiger partial charge < -0.3 is 9.47 Å². The SMILES string of the molecule is CCCCC1CCC(C2OCC(C3CCC(CCC)CC3)CO2)CC1. The van der Waals surface area contributed by atoms with Crippen LogP contribution in [-0.2, 0) is 9.47 Å². The molecule has 0 aromatic rings. The summed E-state index contributed by atoms with van der Waals surface area (Å²) in [7, 11) is 0. The molecule has 1 saturated heterocycles. The number of hydrogen-bond donors (Lipinski definition) is 0. The Kier molecular flexibility index (Phi) is 8.11. The second-order valence-electron chi connectivity index (χ2n) is 9.29. The molecular weight excluding hydrogens is 308 g/mol. The molecule has 2 heteroatoms. The summed E-state index contributed by atoms with van der Waals surface area (Å²) in [6.07, 6.45) is 18.3. The molecule has 0 radical (unpaired) electrons. The van der Waals surface area contributed by atoms with Crippen LogP contribution >= 0.6 is 0 Å². The van der Waals surface area contributed by atoms with E-state index in [-0.39, 0.29) is 6.29 Å². The van der Waals surface area contributed by atoms with Crippen LogP contribution in [0.25, 0.3) is 0 Å². The molecule has 0 N–H and O–H groups in total. The van der Waals surface area contributed by atoms with Crippen LogP contribution in [0.3, 0.4) is 0 Å². The van der Waals surface area contributed by atoms with E-state index in [0.717, 1.165) is 31.0 Å². The van der Waals surface area contributed by atoms with E-state index in [9.17, 15) is 0 Å². The summed E-state index contributed by atoms with van der Waals surface area (Å²) < 4.78 is 12.5. The molecule has 1 heterocycles. The zero-order valence-electron chi connectivity index (χ0n) is 16.9. The van der Waals surface area contributed by atoms with Crippen molar-refractivity contribution < 1.29 is 9.47 Å². The largest absolute Gasteiger partial charge is 0.352 e. The molecule has 0 unspecified atom stereocenters. The Morgan fingerprint density at radius 2 is 1.16 bits per heavy atom. The minimum absolute atomic E-state index is 0.111. The fourth-order valence-electron chi connectivity index (χ4n) is 5.68. The standard InChI is InChI=1S/C23H42O2/c1-3-5-7-19-10-14-21(15-11-19)23-24-16-22(17-25-23)20-12-8-18(6-4-2)9-13-20/h18-23H,3-17H2,1-2H3. The molecule has 0 spiro atoms. The molecule has 3 rings (SSSR count). The van der Waals surface area contributed by atoms with E-state index in [0.29, 0.717) is 11.8 Å². The van der Waals surface area contributed by atoms with Gasteiger partial charge in [0, 0.05) is 11.8 Å². The zero-order valence-corrected chi connectivity index (χ0v) is 16.9. The van der Waals surface area contributed by atoms with Crippen LogP contribution < -0.4 is 0 Å². The molecule has 146 valence electrons. The van der Waals surface area contributed by atoms with E-state index in [1.54, 1.807) is 0 Å². The van der Waals surface area contributed by atoms with Crippen LogP contribution in [0.4, 0.5) is 0 Å². The van der Waals surface area contributed by atoms with Crippen molar-refractivity contribution in [3.05, 3.63) is 0 Å². The van der Waals surface area contributed by atoms with Crippen molar-refractivity contribution in [2.45, 2.75) is 104 Å². The predicted molar refractivity (Wildman–Crippen MR) is 105 cm³/mol. The summed E-state index contributed by atoms with van der Waals surface area (Å²) in [4.78, 5) is 0. The van der Waals surface area contributed by atoms with Crippen LogP contribution in [0.1, 0.15) is 97.3 Å². The first-order valence-electron chi connectivity index (χ1n) is 11.5. The van der Waals surface area contributed by atoms with Crippen LogP contribution in [0, 0.1) is 29.6 Å². The lowest BCUT2D eigenvalue weighted by Crippen LogP contribution is -2.41. The van der Waals surface area contributed by atoms with Crippen molar-refractivity contribution in [1.82, 2.24) is 0 Å². The molecule has 3 fully saturated rings. The van der Waals surface area contributed by atoms with Crippen molar-refractivity contribution in [3.63, 3.8) is 0 Å². The summed E-state index contributed by atoms with van der Waals surface area (Å²) in [5, 5.41) is 0. The van der Waals surface area contributed by atoms with Gasteiger partial charge in [0.15, 0.2) is 6.29 Å². The topological polar surface area (TPSA) is 18.5 Å². The second-order valence-corrected chi connectivity index (χ2v) is 9.29. The van der Waals surface area contributed by atoms with Crippen LogP contribution in [0.2, 0.25) is 0 Å². The van der Waals surface area contributed by atoms with Gasteiger partial charge in [-0.3, -0.25) is 0 Å². The Bertz CT molecular complexity index is 345. The van der Waals surface area contributed by atoms with Crippen LogP contribution in [0.15, 0.2) is 0 Å². The average Bonchev–Trinajstić information content (AvgIpc) is 2.68. The highest BCUT2D eigenvalue weighted by Gasteiger charge is 2.35. The molecule has 0 bridgehead atoms. The Morgan fingerprint density at radius 3 is 1.72 bits per heavy atom. The normalized spacial score (nSPS) is 40.1. The van der Waals surface area contributed by atoms with Gasteiger partial charge in [0.05, 0.1) is 13.2 Å². The van der Waals surface area contributed by atoms with E-state index in [1.807, 2.05) is 0 Å². The fourth-order valence-corrected chi connectivity index (χ4v) is 5.68. The molecular formula is C23H42O2. The number of unbranched alkanes of at least 4 members (excludes halogenated alkanes) is 1. The molecule has 25 heavy (non-hydrogen) atoms. The summed E-state index contributed by atoms with van der Waals surface area (Å²) >= 11 is 0. The lowest BCUT2D eigenvalue weighted by atomic mass is 9.74. The van der Waals surface area contributed by atoms with Crippen molar-refractivity contribution in [1.29, 1.82) is 0 Å². The van der Waals surface area contributed by atoms with Gasteiger partial charge in [-0.25, -0.2) is 0 Å². The maximum Gasteiger partial charge on any atom is 0.160 e. The molecule has 0 atom stereocenters. The van der Waals surface area contributed by atoms with Gasteiger partial charge in [-0.2, -0.15) is 0 Å². The van der Waals surface area contributed by atoms with Gasteiger partial charge in [-0.15, -0.1) is 0 Å². The first-order chi connectivity index (χ1) is 12.3. The molecule has 0 aromatic heterocycles.